The van der Waals surface area contributed by atoms with Gasteiger partial charge < -0.3 is 19.2 Å². The third-order valence-electron chi connectivity index (χ3n) is 4.66. The Balaban J connectivity index is 1.54. The maximum absolute atomic E-state index is 13.0. The predicted octanol–water partition coefficient (Wildman–Crippen LogP) is 2.16. The molecule has 4 heterocycles. The van der Waals surface area contributed by atoms with Gasteiger partial charge >= 0.3 is 0 Å². The van der Waals surface area contributed by atoms with Crippen LogP contribution in [0.2, 0.25) is 0 Å². The molecule has 7 nitrogen and oxygen atoms in total. The number of aromatic nitrogens is 3. The molecule has 3 aromatic rings. The number of carbonyl (C=O) groups excluding carboxylic acids is 1. The summed E-state index contributed by atoms with van der Waals surface area (Å²) in [7, 11) is 1.95. The molecule has 1 N–H and O–H groups in total. The van der Waals surface area contributed by atoms with Gasteiger partial charge in [0.1, 0.15) is 17.6 Å². The van der Waals surface area contributed by atoms with Crippen molar-refractivity contribution in [2.24, 2.45) is 7.05 Å². The van der Waals surface area contributed by atoms with Crippen molar-refractivity contribution in [3.05, 3.63) is 47.2 Å². The van der Waals surface area contributed by atoms with Crippen LogP contribution in [0.1, 0.15) is 23.3 Å². The molecule has 0 saturated carbocycles. The van der Waals surface area contributed by atoms with Gasteiger partial charge in [-0.05, 0) is 18.4 Å². The Kier molecular flexibility index (Phi) is 4.60. The highest BCUT2D eigenvalue weighted by molar-refractivity contribution is 7.13. The van der Waals surface area contributed by atoms with Crippen LogP contribution in [0.3, 0.4) is 0 Å². The Labute approximate surface area is 155 Å². The number of rotatable bonds is 4. The Hall–Kier alpha value is -2.45. The zero-order chi connectivity index (χ0) is 18.1. The van der Waals surface area contributed by atoms with Crippen molar-refractivity contribution < 1.29 is 9.21 Å². The third kappa shape index (κ3) is 3.17. The summed E-state index contributed by atoms with van der Waals surface area (Å²) in [4.78, 5) is 24.9. The summed E-state index contributed by atoms with van der Waals surface area (Å²) in [5, 5.41) is 5.34. The van der Waals surface area contributed by atoms with E-state index in [0.29, 0.717) is 30.4 Å². The van der Waals surface area contributed by atoms with Crippen molar-refractivity contribution in [2.75, 3.05) is 19.6 Å². The number of oxazole rings is 1. The molecule has 1 aliphatic heterocycles. The average molecular weight is 371 g/mol. The fourth-order valence-corrected chi connectivity index (χ4v) is 3.92. The summed E-state index contributed by atoms with van der Waals surface area (Å²) >= 11 is 1.57. The zero-order valence-corrected chi connectivity index (χ0v) is 15.6. The molecular weight excluding hydrogens is 350 g/mol. The van der Waals surface area contributed by atoms with E-state index in [1.54, 1.807) is 17.5 Å². The number of thiophene rings is 1. The average Bonchev–Trinajstić information content (AvgIpc) is 3.37. The monoisotopic (exact) mass is 371 g/mol. The number of aryl methyl sites for hydroxylation is 2. The molecule has 1 unspecified atom stereocenters. The van der Waals surface area contributed by atoms with Gasteiger partial charge in [0.2, 0.25) is 11.8 Å². The largest absolute Gasteiger partial charge is 0.440 e. The van der Waals surface area contributed by atoms with Crippen LogP contribution < -0.4 is 5.32 Å². The number of hydrogen-bond donors (Lipinski definition) is 1. The third-order valence-corrected chi connectivity index (χ3v) is 5.52. The van der Waals surface area contributed by atoms with Gasteiger partial charge in [0, 0.05) is 39.1 Å². The number of hydrogen-bond acceptors (Lipinski definition) is 6. The van der Waals surface area contributed by atoms with E-state index in [4.69, 9.17) is 4.42 Å². The Morgan fingerprint density at radius 1 is 1.50 bits per heavy atom. The first kappa shape index (κ1) is 17.0. The molecule has 0 spiro atoms. The molecule has 136 valence electrons. The molecular formula is C18H21N5O2S. The summed E-state index contributed by atoms with van der Waals surface area (Å²) in [6, 6.07) is 3.86. The van der Waals surface area contributed by atoms with Gasteiger partial charge in [-0.3, -0.25) is 4.79 Å². The van der Waals surface area contributed by atoms with Crippen LogP contribution >= 0.6 is 11.3 Å². The van der Waals surface area contributed by atoms with E-state index < -0.39 is 0 Å². The molecule has 4 rings (SSSR count). The van der Waals surface area contributed by atoms with Gasteiger partial charge in [-0.15, -0.1) is 11.3 Å². The van der Waals surface area contributed by atoms with Crippen LogP contribution in [-0.4, -0.2) is 45.0 Å². The molecule has 3 aromatic heterocycles. The van der Waals surface area contributed by atoms with Crippen molar-refractivity contribution in [2.45, 2.75) is 19.4 Å². The van der Waals surface area contributed by atoms with Gasteiger partial charge in [0.15, 0.2) is 0 Å². The minimum absolute atomic E-state index is 0.0497. The van der Waals surface area contributed by atoms with Crippen LogP contribution in [0, 0.1) is 6.92 Å². The second-order valence-corrected chi connectivity index (χ2v) is 7.33. The highest BCUT2D eigenvalue weighted by Gasteiger charge is 2.31. The summed E-state index contributed by atoms with van der Waals surface area (Å²) < 4.78 is 7.73. The van der Waals surface area contributed by atoms with E-state index in [-0.39, 0.29) is 18.4 Å². The summed E-state index contributed by atoms with van der Waals surface area (Å²) in [6.45, 7) is 4.01. The van der Waals surface area contributed by atoms with Crippen LogP contribution in [0.25, 0.3) is 10.8 Å². The van der Waals surface area contributed by atoms with Gasteiger partial charge in [-0.25, -0.2) is 9.97 Å². The Morgan fingerprint density at radius 3 is 3.12 bits per heavy atom. The molecule has 1 amide bonds. The van der Waals surface area contributed by atoms with Crippen molar-refractivity contribution in [1.29, 1.82) is 0 Å². The smallest absolute Gasteiger partial charge is 0.236 e. The second kappa shape index (κ2) is 7.05. The number of piperazine rings is 1. The molecule has 8 heteroatoms. The molecule has 1 atom stereocenters. The fraction of sp³-hybridized carbons (Fsp3) is 0.389. The Morgan fingerprint density at radius 2 is 2.38 bits per heavy atom. The molecule has 1 saturated heterocycles. The molecule has 0 radical (unpaired) electrons. The molecule has 1 aliphatic rings. The fourth-order valence-electron chi connectivity index (χ4n) is 3.27. The molecule has 0 aromatic carbocycles. The summed E-state index contributed by atoms with van der Waals surface area (Å²) in [6.07, 6.45) is 3.91. The van der Waals surface area contributed by atoms with Crippen molar-refractivity contribution in [3.63, 3.8) is 0 Å². The highest BCUT2D eigenvalue weighted by atomic mass is 32.1. The predicted molar refractivity (Wildman–Crippen MR) is 98.8 cm³/mol. The van der Waals surface area contributed by atoms with Crippen LogP contribution in [0.4, 0.5) is 0 Å². The lowest BCUT2D eigenvalue weighted by Crippen LogP contribution is -2.50. The lowest BCUT2D eigenvalue weighted by molar-refractivity contribution is -0.134. The summed E-state index contributed by atoms with van der Waals surface area (Å²) in [5.41, 5.74) is 0.704. The number of nitrogens with one attached hydrogen (secondary N) is 1. The number of nitrogens with zero attached hydrogens (tertiary/aromatic N) is 4. The van der Waals surface area contributed by atoms with E-state index in [1.165, 1.54) is 0 Å². The Bertz CT molecular complexity index is 899. The summed E-state index contributed by atoms with van der Waals surface area (Å²) in [5.74, 6) is 2.22. The van der Waals surface area contributed by atoms with E-state index >= 15 is 0 Å². The van der Waals surface area contributed by atoms with Crippen molar-refractivity contribution in [1.82, 2.24) is 24.8 Å². The second-order valence-electron chi connectivity index (χ2n) is 6.38. The first-order chi connectivity index (χ1) is 12.6. The number of imidazole rings is 1. The van der Waals surface area contributed by atoms with E-state index in [9.17, 15) is 4.79 Å². The van der Waals surface area contributed by atoms with Crippen LogP contribution in [0.5, 0.6) is 0 Å². The van der Waals surface area contributed by atoms with E-state index in [1.807, 2.05) is 47.1 Å². The minimum atomic E-state index is -0.0692. The lowest BCUT2D eigenvalue weighted by atomic mass is 10.1. The van der Waals surface area contributed by atoms with Gasteiger partial charge in [0.05, 0.1) is 17.0 Å². The maximum atomic E-state index is 13.0. The van der Waals surface area contributed by atoms with E-state index in [2.05, 4.69) is 15.3 Å². The molecule has 0 bridgehead atoms. The van der Waals surface area contributed by atoms with Gasteiger partial charge in [-0.2, -0.15) is 0 Å². The minimum Gasteiger partial charge on any atom is -0.440 e. The zero-order valence-electron chi connectivity index (χ0n) is 14.8. The normalized spacial score (nSPS) is 17.6. The van der Waals surface area contributed by atoms with Crippen LogP contribution in [-0.2, 0) is 18.3 Å². The first-order valence-corrected chi connectivity index (χ1v) is 9.49. The molecule has 0 aliphatic carbocycles. The first-order valence-electron chi connectivity index (χ1n) is 8.61. The van der Waals surface area contributed by atoms with Crippen molar-refractivity contribution in [3.8, 4) is 10.8 Å². The molecule has 1 fully saturated rings. The topological polar surface area (TPSA) is 76.2 Å². The number of amides is 1. The standard InChI is InChI=1S/C18H21N5O2S/c1-12-13(21-18(25-12)15-4-3-9-26-15)10-16(24)23-8-5-19-11-14(23)17-20-6-7-22(17)2/h3-4,6-7,9,14,19H,5,8,10-11H2,1-2H3. The maximum Gasteiger partial charge on any atom is 0.236 e. The number of carbonyl (C=O) groups is 1. The SMILES string of the molecule is Cc1oc(-c2cccs2)nc1CC(=O)N1CCNCC1c1nccn1C. The highest BCUT2D eigenvalue weighted by Crippen LogP contribution is 2.27. The van der Waals surface area contributed by atoms with Crippen molar-refractivity contribution >= 4 is 17.2 Å². The van der Waals surface area contributed by atoms with Gasteiger partial charge in [-0.1, -0.05) is 6.07 Å². The van der Waals surface area contributed by atoms with Crippen LogP contribution in [0.15, 0.2) is 34.3 Å². The lowest BCUT2D eigenvalue weighted by Gasteiger charge is -2.35. The van der Waals surface area contributed by atoms with E-state index in [0.717, 1.165) is 17.2 Å². The quantitative estimate of drug-likeness (QED) is 0.761. The molecule has 26 heavy (non-hydrogen) atoms. The van der Waals surface area contributed by atoms with Gasteiger partial charge in [0.25, 0.3) is 0 Å².